The Bertz CT molecular complexity index is 481. The van der Waals surface area contributed by atoms with Gasteiger partial charge in [-0.2, -0.15) is 0 Å². The Labute approximate surface area is 105 Å². The van der Waals surface area contributed by atoms with E-state index >= 15 is 0 Å². The van der Waals surface area contributed by atoms with Crippen molar-refractivity contribution in [3.05, 3.63) is 17.5 Å². The topological polar surface area (TPSA) is 72.4 Å². The molecule has 18 heavy (non-hydrogen) atoms. The van der Waals surface area contributed by atoms with Gasteiger partial charge in [-0.3, -0.25) is 14.5 Å². The number of anilines is 1. The normalized spacial score (nSPS) is 19.2. The minimum atomic E-state index is -0.424. The molecule has 0 radical (unpaired) electrons. The average molecular weight is 249 g/mol. The van der Waals surface area contributed by atoms with Crippen LogP contribution in [0.4, 0.5) is 5.95 Å². The Kier molecular flexibility index (Phi) is 3.27. The van der Waals surface area contributed by atoms with Crippen molar-refractivity contribution in [1.82, 2.24) is 9.97 Å². The van der Waals surface area contributed by atoms with E-state index in [1.807, 2.05) is 19.9 Å². The molecule has 6 nitrogen and oxygen atoms in total. The number of hydrogen-bond acceptors (Lipinski definition) is 5. The molecule has 1 aromatic rings. The summed E-state index contributed by atoms with van der Waals surface area (Å²) in [7, 11) is 1.32. The molecule has 0 bridgehead atoms. The van der Waals surface area contributed by atoms with Crippen LogP contribution >= 0.6 is 0 Å². The highest BCUT2D eigenvalue weighted by atomic mass is 16.5. The van der Waals surface area contributed by atoms with Crippen LogP contribution in [-0.4, -0.2) is 35.5 Å². The summed E-state index contributed by atoms with van der Waals surface area (Å²) in [5.74, 6) is -0.568. The molecule has 2 rings (SSSR count). The first-order valence-electron chi connectivity index (χ1n) is 5.71. The lowest BCUT2D eigenvalue weighted by molar-refractivity contribution is -0.145. The van der Waals surface area contributed by atoms with Gasteiger partial charge < -0.3 is 4.74 Å². The zero-order valence-corrected chi connectivity index (χ0v) is 10.6. The number of ether oxygens (including phenoxy) is 1. The van der Waals surface area contributed by atoms with E-state index in [-0.39, 0.29) is 24.8 Å². The van der Waals surface area contributed by atoms with Gasteiger partial charge in [0.25, 0.3) is 0 Å². The van der Waals surface area contributed by atoms with Gasteiger partial charge in [-0.1, -0.05) is 0 Å². The minimum Gasteiger partial charge on any atom is -0.469 e. The molecule has 0 spiro atoms. The summed E-state index contributed by atoms with van der Waals surface area (Å²) < 4.78 is 4.66. The molecule has 0 saturated carbocycles. The van der Waals surface area contributed by atoms with E-state index in [0.717, 1.165) is 11.4 Å². The van der Waals surface area contributed by atoms with E-state index < -0.39 is 5.92 Å². The van der Waals surface area contributed by atoms with E-state index in [0.29, 0.717) is 5.95 Å². The first kappa shape index (κ1) is 12.5. The van der Waals surface area contributed by atoms with E-state index in [2.05, 4.69) is 14.7 Å². The van der Waals surface area contributed by atoms with Crippen LogP contribution in [0.15, 0.2) is 6.07 Å². The number of methoxy groups -OCH3 is 1. The molecule has 1 unspecified atom stereocenters. The van der Waals surface area contributed by atoms with Crippen molar-refractivity contribution in [3.63, 3.8) is 0 Å². The third-order valence-corrected chi connectivity index (χ3v) is 2.87. The van der Waals surface area contributed by atoms with Crippen LogP contribution in [-0.2, 0) is 14.3 Å². The second-order valence-electron chi connectivity index (χ2n) is 4.38. The lowest BCUT2D eigenvalue weighted by Crippen LogP contribution is -2.28. The van der Waals surface area contributed by atoms with Crippen LogP contribution in [0.25, 0.3) is 0 Å². The van der Waals surface area contributed by atoms with Gasteiger partial charge in [0.05, 0.1) is 13.0 Å². The van der Waals surface area contributed by atoms with E-state index in [1.165, 1.54) is 12.0 Å². The van der Waals surface area contributed by atoms with Crippen molar-refractivity contribution in [3.8, 4) is 0 Å². The summed E-state index contributed by atoms with van der Waals surface area (Å²) in [6.45, 7) is 3.97. The SMILES string of the molecule is COC(=O)C1CC(=O)N(c2nc(C)cc(C)n2)C1. The predicted octanol–water partition coefficient (Wildman–Crippen LogP) is 0.619. The van der Waals surface area contributed by atoms with E-state index in [9.17, 15) is 9.59 Å². The van der Waals surface area contributed by atoms with Gasteiger partial charge in [0.15, 0.2) is 0 Å². The van der Waals surface area contributed by atoms with Gasteiger partial charge in [-0.25, -0.2) is 9.97 Å². The van der Waals surface area contributed by atoms with Crippen LogP contribution in [0, 0.1) is 19.8 Å². The largest absolute Gasteiger partial charge is 0.469 e. The zero-order valence-electron chi connectivity index (χ0n) is 10.6. The first-order valence-corrected chi connectivity index (χ1v) is 5.71. The van der Waals surface area contributed by atoms with E-state index in [4.69, 9.17) is 0 Å². The molecule has 0 N–H and O–H groups in total. The lowest BCUT2D eigenvalue weighted by Gasteiger charge is -2.14. The average Bonchev–Trinajstić information content (AvgIpc) is 2.69. The number of nitrogens with zero attached hydrogens (tertiary/aromatic N) is 3. The Morgan fingerprint density at radius 2 is 2.00 bits per heavy atom. The van der Waals surface area contributed by atoms with Gasteiger partial charge in [0, 0.05) is 24.4 Å². The van der Waals surface area contributed by atoms with Gasteiger partial charge in [-0.15, -0.1) is 0 Å². The standard InChI is InChI=1S/C12H15N3O3/c1-7-4-8(2)14-12(13-7)15-6-9(5-10(15)16)11(17)18-3/h4,9H,5-6H2,1-3H3. The fraction of sp³-hybridized carbons (Fsp3) is 0.500. The molecule has 0 aromatic carbocycles. The maximum atomic E-state index is 11.9. The summed E-state index contributed by atoms with van der Waals surface area (Å²) in [4.78, 5) is 33.2. The third-order valence-electron chi connectivity index (χ3n) is 2.87. The highest BCUT2D eigenvalue weighted by Crippen LogP contribution is 2.23. The zero-order chi connectivity index (χ0) is 13.3. The molecule has 1 amide bonds. The van der Waals surface area contributed by atoms with Crippen LogP contribution < -0.4 is 4.90 Å². The second-order valence-corrected chi connectivity index (χ2v) is 4.38. The highest BCUT2D eigenvalue weighted by molar-refractivity contribution is 5.98. The molecule has 1 aliphatic rings. The van der Waals surface area contributed by atoms with Gasteiger partial charge in [-0.05, 0) is 19.9 Å². The maximum Gasteiger partial charge on any atom is 0.311 e. The highest BCUT2D eigenvalue weighted by Gasteiger charge is 2.37. The minimum absolute atomic E-state index is 0.143. The summed E-state index contributed by atoms with van der Waals surface area (Å²) in [6, 6.07) is 1.84. The first-order chi connectivity index (χ1) is 8.51. The smallest absolute Gasteiger partial charge is 0.311 e. The van der Waals surface area contributed by atoms with Crippen molar-refractivity contribution in [2.75, 3.05) is 18.6 Å². The number of aryl methyl sites for hydroxylation is 2. The summed E-state index contributed by atoms with van der Waals surface area (Å²) in [5.41, 5.74) is 1.60. The molecular formula is C12H15N3O3. The van der Waals surface area contributed by atoms with Crippen LogP contribution in [0.2, 0.25) is 0 Å². The van der Waals surface area contributed by atoms with Crippen molar-refractivity contribution in [2.45, 2.75) is 20.3 Å². The fourth-order valence-corrected chi connectivity index (χ4v) is 2.05. The molecule has 0 aliphatic carbocycles. The van der Waals surface area contributed by atoms with Crippen molar-refractivity contribution < 1.29 is 14.3 Å². The molecule has 6 heteroatoms. The van der Waals surface area contributed by atoms with Crippen LogP contribution in [0.1, 0.15) is 17.8 Å². The van der Waals surface area contributed by atoms with Crippen molar-refractivity contribution >= 4 is 17.8 Å². The third kappa shape index (κ3) is 2.32. The quantitative estimate of drug-likeness (QED) is 0.718. The molecule has 1 aliphatic heterocycles. The fourth-order valence-electron chi connectivity index (χ4n) is 2.05. The van der Waals surface area contributed by atoms with Crippen molar-refractivity contribution in [1.29, 1.82) is 0 Å². The molecular weight excluding hydrogens is 234 g/mol. The predicted molar refractivity (Wildman–Crippen MR) is 64.0 cm³/mol. The molecule has 1 saturated heterocycles. The molecule has 1 aromatic heterocycles. The second kappa shape index (κ2) is 4.72. The summed E-state index contributed by atoms with van der Waals surface area (Å²) in [5, 5.41) is 0. The lowest BCUT2D eigenvalue weighted by atomic mass is 10.1. The van der Waals surface area contributed by atoms with Crippen LogP contribution in [0.3, 0.4) is 0 Å². The number of amides is 1. The van der Waals surface area contributed by atoms with Crippen molar-refractivity contribution in [2.24, 2.45) is 5.92 Å². The number of hydrogen-bond donors (Lipinski definition) is 0. The molecule has 1 fully saturated rings. The summed E-state index contributed by atoms with van der Waals surface area (Å²) >= 11 is 0. The molecule has 2 heterocycles. The Morgan fingerprint density at radius 1 is 1.39 bits per heavy atom. The number of rotatable bonds is 2. The number of esters is 1. The van der Waals surface area contributed by atoms with E-state index in [1.54, 1.807) is 0 Å². The number of aromatic nitrogens is 2. The Morgan fingerprint density at radius 3 is 2.56 bits per heavy atom. The maximum absolute atomic E-state index is 11.9. The Hall–Kier alpha value is -1.98. The van der Waals surface area contributed by atoms with Gasteiger partial charge in [0.2, 0.25) is 11.9 Å². The van der Waals surface area contributed by atoms with Gasteiger partial charge >= 0.3 is 5.97 Å². The monoisotopic (exact) mass is 249 g/mol. The van der Waals surface area contributed by atoms with Gasteiger partial charge in [0.1, 0.15) is 0 Å². The molecule has 1 atom stereocenters. The number of carbonyl (C=O) groups is 2. The van der Waals surface area contributed by atoms with Crippen LogP contribution in [0.5, 0.6) is 0 Å². The molecule has 96 valence electrons. The number of carbonyl (C=O) groups excluding carboxylic acids is 2. The Balaban J connectivity index is 2.24. The summed E-state index contributed by atoms with van der Waals surface area (Å²) in [6.07, 6.45) is 0.156.